The van der Waals surface area contributed by atoms with Gasteiger partial charge in [-0.3, -0.25) is 4.79 Å². The third-order valence-electron chi connectivity index (χ3n) is 3.03. The average Bonchev–Trinajstić information content (AvgIpc) is 2.47. The Kier molecular flexibility index (Phi) is 7.31. The topological polar surface area (TPSA) is 116 Å². The van der Waals surface area contributed by atoms with Crippen LogP contribution in [-0.4, -0.2) is 34.2 Å². The van der Waals surface area contributed by atoms with Crippen molar-refractivity contribution in [3.63, 3.8) is 0 Å². The number of carbonyl (C=O) groups excluding carboxylic acids is 1. The Labute approximate surface area is 138 Å². The molecule has 24 heavy (non-hydrogen) atoms. The predicted octanol–water partition coefficient (Wildman–Crippen LogP) is 1.74. The summed E-state index contributed by atoms with van der Waals surface area (Å²) in [6, 6.07) is 8.48. The van der Waals surface area contributed by atoms with E-state index >= 15 is 0 Å². The highest BCUT2D eigenvalue weighted by molar-refractivity contribution is 7.45. The van der Waals surface area contributed by atoms with Gasteiger partial charge in [-0.15, -0.1) is 0 Å². The van der Waals surface area contributed by atoms with E-state index in [0.29, 0.717) is 24.1 Å². The number of nitrogens with one attached hydrogen (secondary N) is 1. The number of amides is 1. The summed E-state index contributed by atoms with van der Waals surface area (Å²) in [5.41, 5.74) is 0.990. The summed E-state index contributed by atoms with van der Waals surface area (Å²) >= 11 is 0. The fourth-order valence-corrected chi connectivity index (χ4v) is 2.07. The van der Waals surface area contributed by atoms with Crippen LogP contribution < -0.4 is 10.1 Å². The zero-order valence-corrected chi connectivity index (χ0v) is 14.1. The summed E-state index contributed by atoms with van der Waals surface area (Å²) in [5, 5.41) is 4.13. The molecule has 7 nitrogen and oxygen atoms in total. The molecule has 0 bridgehead atoms. The Morgan fingerprint density at radius 3 is 2.38 bits per heavy atom. The number of carbonyl (C=O) groups is 1. The first-order valence-corrected chi connectivity index (χ1v) is 8.46. The molecule has 0 unspecified atom stereocenters. The highest BCUT2D eigenvalue weighted by Gasteiger charge is 2.07. The van der Waals surface area contributed by atoms with Gasteiger partial charge >= 0.3 is 7.82 Å². The fourth-order valence-electron chi connectivity index (χ4n) is 2.07. The van der Waals surface area contributed by atoms with Crippen LogP contribution in [0.1, 0.15) is 12.5 Å². The second kappa shape index (κ2) is 8.75. The number of ether oxygens (including phenoxy) is 1. The van der Waals surface area contributed by atoms with Gasteiger partial charge in [0.05, 0.1) is 7.11 Å². The zero-order valence-electron chi connectivity index (χ0n) is 13.2. The van der Waals surface area contributed by atoms with Gasteiger partial charge in [0, 0.05) is 18.9 Å². The van der Waals surface area contributed by atoms with Crippen molar-refractivity contribution in [1.82, 2.24) is 5.32 Å². The molecule has 2 aromatic carbocycles. The molecule has 0 heterocycles. The second-order valence-corrected chi connectivity index (χ2v) is 5.89. The molecule has 0 aliphatic carbocycles. The van der Waals surface area contributed by atoms with Crippen molar-refractivity contribution in [2.45, 2.75) is 13.3 Å². The van der Waals surface area contributed by atoms with Crippen molar-refractivity contribution >= 4 is 24.5 Å². The van der Waals surface area contributed by atoms with E-state index in [0.717, 1.165) is 10.9 Å². The first kappa shape index (κ1) is 20.1. The molecule has 0 saturated heterocycles. The zero-order chi connectivity index (χ0) is 18.3. The van der Waals surface area contributed by atoms with E-state index in [1.165, 1.54) is 13.0 Å². The Morgan fingerprint density at radius 2 is 1.83 bits per heavy atom. The van der Waals surface area contributed by atoms with Crippen LogP contribution in [0.5, 0.6) is 5.75 Å². The number of halogens is 1. The minimum Gasteiger partial charge on any atom is -0.497 e. The summed E-state index contributed by atoms with van der Waals surface area (Å²) in [4.78, 5) is 32.4. The molecular formula is C15H19FNO6P. The maximum absolute atomic E-state index is 13.7. The van der Waals surface area contributed by atoms with Gasteiger partial charge in [-0.1, -0.05) is 6.07 Å². The first-order chi connectivity index (χ1) is 11.1. The smallest absolute Gasteiger partial charge is 0.466 e. The Bertz CT molecular complexity index is 753. The molecule has 0 saturated carbocycles. The lowest BCUT2D eigenvalue weighted by Gasteiger charge is -2.09. The average molecular weight is 359 g/mol. The fraction of sp³-hybridized carbons (Fsp3) is 0.267. The lowest BCUT2D eigenvalue weighted by atomic mass is 10.0. The van der Waals surface area contributed by atoms with E-state index in [1.54, 1.807) is 25.3 Å². The summed E-state index contributed by atoms with van der Waals surface area (Å²) in [5.74, 6) is 0.379. The number of hydrogen-bond donors (Lipinski definition) is 4. The van der Waals surface area contributed by atoms with Gasteiger partial charge in [0.15, 0.2) is 0 Å². The van der Waals surface area contributed by atoms with E-state index in [9.17, 15) is 9.18 Å². The Morgan fingerprint density at radius 1 is 1.21 bits per heavy atom. The van der Waals surface area contributed by atoms with E-state index < -0.39 is 7.82 Å². The van der Waals surface area contributed by atoms with E-state index in [-0.39, 0.29) is 11.7 Å². The molecule has 4 N–H and O–H groups in total. The number of rotatable bonds is 4. The van der Waals surface area contributed by atoms with Crippen LogP contribution in [0.3, 0.4) is 0 Å². The van der Waals surface area contributed by atoms with Crippen molar-refractivity contribution < 1.29 is 33.2 Å². The molecule has 0 aromatic heterocycles. The number of methoxy groups -OCH3 is 1. The largest absolute Gasteiger partial charge is 0.497 e. The van der Waals surface area contributed by atoms with Crippen molar-refractivity contribution in [2.75, 3.05) is 13.7 Å². The molecule has 2 aromatic rings. The molecule has 0 aliphatic rings. The number of phosphoric acid groups is 1. The molecule has 2 rings (SSSR count). The van der Waals surface area contributed by atoms with Crippen LogP contribution in [0.25, 0.3) is 10.8 Å². The van der Waals surface area contributed by atoms with Crippen LogP contribution in [0, 0.1) is 5.82 Å². The molecule has 0 fully saturated rings. The van der Waals surface area contributed by atoms with Crippen LogP contribution in [-0.2, 0) is 15.8 Å². The molecule has 9 heteroatoms. The Hall–Kier alpha value is -1.99. The minimum atomic E-state index is -4.64. The minimum absolute atomic E-state index is 0.0657. The normalized spacial score (nSPS) is 10.8. The number of fused-ring (bicyclic) bond motifs is 1. The SMILES string of the molecule is COc1ccc2c(F)ccc(CCNC(C)=O)c2c1.O=P(O)(O)O. The summed E-state index contributed by atoms with van der Waals surface area (Å²) in [6.07, 6.45) is 0.656. The van der Waals surface area contributed by atoms with Gasteiger partial charge in [-0.2, -0.15) is 0 Å². The van der Waals surface area contributed by atoms with E-state index in [1.807, 2.05) is 6.07 Å². The quantitative estimate of drug-likeness (QED) is 0.618. The molecule has 0 spiro atoms. The molecule has 0 aliphatic heterocycles. The van der Waals surface area contributed by atoms with Gasteiger partial charge in [0.2, 0.25) is 5.91 Å². The molecular weight excluding hydrogens is 340 g/mol. The van der Waals surface area contributed by atoms with Crippen molar-refractivity contribution in [2.24, 2.45) is 0 Å². The highest BCUT2D eigenvalue weighted by atomic mass is 31.2. The predicted molar refractivity (Wildman–Crippen MR) is 87.1 cm³/mol. The van der Waals surface area contributed by atoms with Gasteiger partial charge in [-0.25, -0.2) is 8.96 Å². The summed E-state index contributed by atoms with van der Waals surface area (Å²) in [6.45, 7) is 2.01. The monoisotopic (exact) mass is 359 g/mol. The molecule has 0 atom stereocenters. The molecule has 0 radical (unpaired) electrons. The lowest BCUT2D eigenvalue weighted by molar-refractivity contribution is -0.118. The van der Waals surface area contributed by atoms with Gasteiger partial charge < -0.3 is 24.7 Å². The highest BCUT2D eigenvalue weighted by Crippen LogP contribution is 2.27. The van der Waals surface area contributed by atoms with Crippen molar-refractivity contribution in [1.29, 1.82) is 0 Å². The van der Waals surface area contributed by atoms with Crippen molar-refractivity contribution in [3.05, 3.63) is 41.7 Å². The van der Waals surface area contributed by atoms with Crippen LogP contribution in [0.4, 0.5) is 4.39 Å². The van der Waals surface area contributed by atoms with Gasteiger partial charge in [-0.05, 0) is 41.6 Å². The van der Waals surface area contributed by atoms with Crippen LogP contribution in [0.2, 0.25) is 0 Å². The third kappa shape index (κ3) is 7.06. The lowest BCUT2D eigenvalue weighted by Crippen LogP contribution is -2.22. The van der Waals surface area contributed by atoms with Gasteiger partial charge in [0.25, 0.3) is 0 Å². The first-order valence-electron chi connectivity index (χ1n) is 6.89. The molecule has 1 amide bonds. The summed E-state index contributed by atoms with van der Waals surface area (Å²) < 4.78 is 27.8. The molecule has 132 valence electrons. The number of hydrogen-bond acceptors (Lipinski definition) is 3. The van der Waals surface area contributed by atoms with E-state index in [4.69, 9.17) is 24.0 Å². The van der Waals surface area contributed by atoms with E-state index in [2.05, 4.69) is 5.32 Å². The standard InChI is InChI=1S/C15H16FNO2.H3O4P/c1-10(18)17-8-7-11-3-6-15(16)13-5-4-12(19-2)9-14(11)13;1-5(2,3)4/h3-6,9H,7-8H2,1-2H3,(H,17,18);(H3,1,2,3,4). The van der Waals surface area contributed by atoms with Crippen LogP contribution >= 0.6 is 7.82 Å². The van der Waals surface area contributed by atoms with Crippen molar-refractivity contribution in [3.8, 4) is 5.75 Å². The third-order valence-corrected chi connectivity index (χ3v) is 3.03. The van der Waals surface area contributed by atoms with Gasteiger partial charge in [0.1, 0.15) is 11.6 Å². The summed E-state index contributed by atoms with van der Waals surface area (Å²) in [7, 11) is -3.06. The maximum Gasteiger partial charge on any atom is 0.466 e. The Balaban J connectivity index is 0.000000505. The number of benzene rings is 2. The van der Waals surface area contributed by atoms with Crippen LogP contribution in [0.15, 0.2) is 30.3 Å². The maximum atomic E-state index is 13.7. The second-order valence-electron chi connectivity index (χ2n) is 4.86.